The molecule has 0 radical (unpaired) electrons. The summed E-state index contributed by atoms with van der Waals surface area (Å²) in [6.45, 7) is 1.91. The van der Waals surface area contributed by atoms with Gasteiger partial charge in [-0.3, -0.25) is 9.59 Å². The normalized spacial score (nSPS) is 14.5. The highest BCUT2D eigenvalue weighted by molar-refractivity contribution is 5.98. The fraction of sp³-hybridized carbons (Fsp3) is 0.300. The van der Waals surface area contributed by atoms with E-state index in [2.05, 4.69) is 10.6 Å². The molecule has 1 saturated carbocycles. The first kappa shape index (κ1) is 17.0. The molecule has 0 saturated heterocycles. The largest absolute Gasteiger partial charge is 0.496 e. The van der Waals surface area contributed by atoms with Gasteiger partial charge in [0.2, 0.25) is 5.91 Å². The lowest BCUT2D eigenvalue weighted by Gasteiger charge is -2.17. The smallest absolute Gasteiger partial charge is 0.251 e. The van der Waals surface area contributed by atoms with Crippen LogP contribution >= 0.6 is 0 Å². The number of carbonyl (C=O) groups is 2. The van der Waals surface area contributed by atoms with Crippen molar-refractivity contribution in [2.45, 2.75) is 25.8 Å². The Morgan fingerprint density at radius 3 is 2.60 bits per heavy atom. The van der Waals surface area contributed by atoms with Gasteiger partial charge in [0.1, 0.15) is 5.75 Å². The lowest BCUT2D eigenvalue weighted by atomic mass is 10.1. The van der Waals surface area contributed by atoms with Crippen LogP contribution in [0.25, 0.3) is 0 Å². The zero-order valence-corrected chi connectivity index (χ0v) is 14.4. The van der Waals surface area contributed by atoms with Gasteiger partial charge in [-0.15, -0.1) is 0 Å². The Kier molecular flexibility index (Phi) is 5.03. The van der Waals surface area contributed by atoms with Crippen molar-refractivity contribution in [3.8, 4) is 5.75 Å². The molecule has 2 aromatic rings. The molecule has 0 spiro atoms. The average molecular weight is 338 g/mol. The van der Waals surface area contributed by atoms with Gasteiger partial charge in [-0.2, -0.15) is 0 Å². The van der Waals surface area contributed by atoms with Crippen LogP contribution in [-0.2, 0) is 4.79 Å². The van der Waals surface area contributed by atoms with Crippen LogP contribution in [0.15, 0.2) is 48.5 Å². The molecule has 1 aliphatic carbocycles. The van der Waals surface area contributed by atoms with E-state index in [0.29, 0.717) is 11.3 Å². The molecule has 0 aliphatic heterocycles. The number of carbonyl (C=O) groups excluding carboxylic acids is 2. The predicted molar refractivity (Wildman–Crippen MR) is 96.7 cm³/mol. The van der Waals surface area contributed by atoms with Gasteiger partial charge in [0.05, 0.1) is 13.2 Å². The summed E-state index contributed by atoms with van der Waals surface area (Å²) in [5.74, 6) is 0.699. The Labute approximate surface area is 147 Å². The van der Waals surface area contributed by atoms with Gasteiger partial charge in [-0.1, -0.05) is 24.3 Å². The van der Waals surface area contributed by atoms with E-state index < -0.39 is 0 Å². The molecule has 1 fully saturated rings. The topological polar surface area (TPSA) is 67.4 Å². The Morgan fingerprint density at radius 1 is 1.12 bits per heavy atom. The highest BCUT2D eigenvalue weighted by Crippen LogP contribution is 2.30. The van der Waals surface area contributed by atoms with E-state index in [4.69, 9.17) is 4.74 Å². The van der Waals surface area contributed by atoms with E-state index in [9.17, 15) is 9.59 Å². The monoisotopic (exact) mass is 338 g/mol. The first-order valence-corrected chi connectivity index (χ1v) is 8.43. The van der Waals surface area contributed by atoms with Gasteiger partial charge in [0.25, 0.3) is 5.91 Å². The summed E-state index contributed by atoms with van der Waals surface area (Å²) in [6, 6.07) is 14.4. The van der Waals surface area contributed by atoms with E-state index in [1.807, 2.05) is 31.2 Å². The van der Waals surface area contributed by atoms with Crippen LogP contribution in [0.2, 0.25) is 0 Å². The van der Waals surface area contributed by atoms with Crippen LogP contribution in [0, 0.1) is 5.92 Å². The zero-order valence-electron chi connectivity index (χ0n) is 14.4. The molecule has 0 aromatic heterocycles. The summed E-state index contributed by atoms with van der Waals surface area (Å²) in [7, 11) is 1.61. The second-order valence-corrected chi connectivity index (χ2v) is 6.28. The SMILES string of the molecule is COc1ccccc1C(C)NC(=O)c1cccc(NC(=O)C2CC2)c1. The highest BCUT2D eigenvalue weighted by Gasteiger charge is 2.29. The van der Waals surface area contributed by atoms with Crippen LogP contribution < -0.4 is 15.4 Å². The van der Waals surface area contributed by atoms with Crippen LogP contribution in [0.4, 0.5) is 5.69 Å². The summed E-state index contributed by atoms with van der Waals surface area (Å²) >= 11 is 0. The number of hydrogen-bond donors (Lipinski definition) is 2. The first-order valence-electron chi connectivity index (χ1n) is 8.43. The number of ether oxygens (including phenoxy) is 1. The Balaban J connectivity index is 1.69. The van der Waals surface area contributed by atoms with E-state index in [1.54, 1.807) is 31.4 Å². The summed E-state index contributed by atoms with van der Waals surface area (Å²) in [5.41, 5.74) is 2.07. The van der Waals surface area contributed by atoms with Gasteiger partial charge in [-0.05, 0) is 44.0 Å². The number of para-hydroxylation sites is 1. The maximum Gasteiger partial charge on any atom is 0.251 e. The molecule has 3 rings (SSSR count). The van der Waals surface area contributed by atoms with Crippen molar-refractivity contribution in [3.63, 3.8) is 0 Å². The van der Waals surface area contributed by atoms with Crippen LogP contribution in [0.1, 0.15) is 41.7 Å². The van der Waals surface area contributed by atoms with Crippen molar-refractivity contribution < 1.29 is 14.3 Å². The number of hydrogen-bond acceptors (Lipinski definition) is 3. The number of rotatable bonds is 6. The Morgan fingerprint density at radius 2 is 1.88 bits per heavy atom. The minimum Gasteiger partial charge on any atom is -0.496 e. The van der Waals surface area contributed by atoms with Crippen molar-refractivity contribution in [3.05, 3.63) is 59.7 Å². The van der Waals surface area contributed by atoms with E-state index in [-0.39, 0.29) is 23.8 Å². The number of benzene rings is 2. The number of nitrogens with one attached hydrogen (secondary N) is 2. The second-order valence-electron chi connectivity index (χ2n) is 6.28. The van der Waals surface area contributed by atoms with E-state index >= 15 is 0 Å². The van der Waals surface area contributed by atoms with Gasteiger partial charge >= 0.3 is 0 Å². The fourth-order valence-electron chi connectivity index (χ4n) is 2.71. The average Bonchev–Trinajstić information content (AvgIpc) is 3.47. The summed E-state index contributed by atoms with van der Waals surface area (Å²) in [5, 5.41) is 5.83. The van der Waals surface area contributed by atoms with Crippen LogP contribution in [0.3, 0.4) is 0 Å². The minimum absolute atomic E-state index is 0.0277. The number of amides is 2. The number of anilines is 1. The molecule has 0 heterocycles. The Bertz CT molecular complexity index is 784. The molecule has 25 heavy (non-hydrogen) atoms. The van der Waals surface area contributed by atoms with Crippen LogP contribution in [0.5, 0.6) is 5.75 Å². The standard InChI is InChI=1S/C20H22N2O3/c1-13(17-8-3-4-9-18(17)25-2)21-20(24)15-6-5-7-16(12-15)22-19(23)14-10-11-14/h3-9,12-14H,10-11H2,1-2H3,(H,21,24)(H,22,23). The van der Waals surface area contributed by atoms with Gasteiger partial charge < -0.3 is 15.4 Å². The molecule has 1 atom stereocenters. The molecule has 130 valence electrons. The lowest BCUT2D eigenvalue weighted by molar-refractivity contribution is -0.117. The summed E-state index contributed by atoms with van der Waals surface area (Å²) < 4.78 is 5.35. The third kappa shape index (κ3) is 4.18. The van der Waals surface area contributed by atoms with Crippen molar-refractivity contribution in [2.24, 2.45) is 5.92 Å². The van der Waals surface area contributed by atoms with Crippen LogP contribution in [-0.4, -0.2) is 18.9 Å². The lowest BCUT2D eigenvalue weighted by Crippen LogP contribution is -2.27. The number of methoxy groups -OCH3 is 1. The molecular weight excluding hydrogens is 316 g/mol. The molecule has 0 bridgehead atoms. The Hall–Kier alpha value is -2.82. The van der Waals surface area contributed by atoms with Gasteiger partial charge in [-0.25, -0.2) is 0 Å². The summed E-state index contributed by atoms with van der Waals surface area (Å²) in [6.07, 6.45) is 1.89. The minimum atomic E-state index is -0.201. The first-order chi connectivity index (χ1) is 12.1. The third-order valence-electron chi connectivity index (χ3n) is 4.29. The second kappa shape index (κ2) is 7.38. The summed E-state index contributed by atoms with van der Waals surface area (Å²) in [4.78, 5) is 24.4. The van der Waals surface area contributed by atoms with Crippen molar-refractivity contribution >= 4 is 17.5 Å². The quantitative estimate of drug-likeness (QED) is 0.846. The van der Waals surface area contributed by atoms with Crippen molar-refractivity contribution in [1.29, 1.82) is 0 Å². The molecule has 2 N–H and O–H groups in total. The molecule has 5 nitrogen and oxygen atoms in total. The molecule has 1 unspecified atom stereocenters. The molecule has 2 amide bonds. The van der Waals surface area contributed by atoms with E-state index in [0.717, 1.165) is 24.2 Å². The molecular formula is C20H22N2O3. The van der Waals surface area contributed by atoms with Gasteiger partial charge in [0.15, 0.2) is 0 Å². The zero-order chi connectivity index (χ0) is 17.8. The highest BCUT2D eigenvalue weighted by atomic mass is 16.5. The molecule has 5 heteroatoms. The van der Waals surface area contributed by atoms with Crippen molar-refractivity contribution in [1.82, 2.24) is 5.32 Å². The molecule has 2 aromatic carbocycles. The van der Waals surface area contributed by atoms with Crippen molar-refractivity contribution in [2.75, 3.05) is 12.4 Å². The maximum absolute atomic E-state index is 12.5. The molecule has 1 aliphatic rings. The predicted octanol–water partition coefficient (Wildman–Crippen LogP) is 3.53. The van der Waals surface area contributed by atoms with E-state index in [1.165, 1.54) is 0 Å². The maximum atomic E-state index is 12.5. The van der Waals surface area contributed by atoms with Gasteiger partial charge in [0, 0.05) is 22.7 Å². The third-order valence-corrected chi connectivity index (χ3v) is 4.29. The fourth-order valence-corrected chi connectivity index (χ4v) is 2.71.